The Morgan fingerprint density at radius 2 is 1.88 bits per heavy atom. The highest BCUT2D eigenvalue weighted by Crippen LogP contribution is 2.19. The van der Waals surface area contributed by atoms with Crippen LogP contribution in [0.5, 0.6) is 5.75 Å². The van der Waals surface area contributed by atoms with E-state index >= 15 is 0 Å². The molecule has 0 saturated heterocycles. The van der Waals surface area contributed by atoms with Crippen LogP contribution in [0.4, 0.5) is 0 Å². The average Bonchev–Trinajstić information content (AvgIpc) is 2.58. The van der Waals surface area contributed by atoms with Crippen molar-refractivity contribution in [1.82, 2.24) is 10.2 Å². The normalized spacial score (nSPS) is 10.2. The van der Waals surface area contributed by atoms with E-state index in [4.69, 9.17) is 9.47 Å². The van der Waals surface area contributed by atoms with Gasteiger partial charge in [0.15, 0.2) is 6.61 Å². The lowest BCUT2D eigenvalue weighted by Gasteiger charge is -2.23. The van der Waals surface area contributed by atoms with Gasteiger partial charge < -0.3 is 19.7 Å². The molecule has 0 aliphatic rings. The number of carbonyl (C=O) groups is 3. The molecule has 0 aliphatic heterocycles. The molecule has 0 unspecified atom stereocenters. The van der Waals surface area contributed by atoms with Gasteiger partial charge in [-0.15, -0.1) is 0 Å². The number of amides is 2. The minimum absolute atomic E-state index is 0.100. The summed E-state index contributed by atoms with van der Waals surface area (Å²) in [7, 11) is 0. The number of nitrogens with one attached hydrogen (secondary N) is 1. The molecular weight excluding hydrogens is 336 g/mol. The van der Waals surface area contributed by atoms with E-state index < -0.39 is 0 Å². The van der Waals surface area contributed by atoms with Crippen LogP contribution in [-0.4, -0.2) is 55.5 Å². The molecule has 2 amide bonds. The van der Waals surface area contributed by atoms with Gasteiger partial charge in [-0.25, -0.2) is 0 Å². The predicted octanol–water partition coefficient (Wildman–Crippen LogP) is 1.60. The summed E-state index contributed by atoms with van der Waals surface area (Å²) in [6, 6.07) is 5.79. The van der Waals surface area contributed by atoms with Gasteiger partial charge in [-0.05, 0) is 38.0 Å². The van der Waals surface area contributed by atoms with Crippen LogP contribution >= 0.6 is 0 Å². The summed E-state index contributed by atoms with van der Waals surface area (Å²) in [5.41, 5.74) is 1.99. The minimum Gasteiger partial charge on any atom is -0.483 e. The van der Waals surface area contributed by atoms with Crippen LogP contribution in [0.2, 0.25) is 0 Å². The summed E-state index contributed by atoms with van der Waals surface area (Å²) in [6.07, 6.45) is 0.100. The Kier molecular flexibility index (Phi) is 9.19. The molecule has 1 aromatic rings. The van der Waals surface area contributed by atoms with E-state index in [0.29, 0.717) is 25.4 Å². The second kappa shape index (κ2) is 11.1. The van der Waals surface area contributed by atoms with Gasteiger partial charge in [0.1, 0.15) is 5.75 Å². The molecule has 0 bridgehead atoms. The highest BCUT2D eigenvalue weighted by Gasteiger charge is 2.16. The molecule has 0 heterocycles. The molecule has 26 heavy (non-hydrogen) atoms. The second-order valence-corrected chi connectivity index (χ2v) is 5.98. The maximum atomic E-state index is 12.5. The third-order valence-electron chi connectivity index (χ3n) is 3.69. The Bertz CT molecular complexity index is 630. The zero-order chi connectivity index (χ0) is 19.5. The first kappa shape index (κ1) is 21.5. The first-order valence-electron chi connectivity index (χ1n) is 8.71. The molecule has 7 nitrogen and oxygen atoms in total. The van der Waals surface area contributed by atoms with Crippen molar-refractivity contribution in [2.75, 3.05) is 32.8 Å². The minimum atomic E-state index is -0.361. The van der Waals surface area contributed by atoms with Gasteiger partial charge in [0.05, 0.1) is 13.0 Å². The number of aryl methyl sites for hydroxylation is 2. The summed E-state index contributed by atoms with van der Waals surface area (Å²) in [4.78, 5) is 36.6. The predicted molar refractivity (Wildman–Crippen MR) is 97.9 cm³/mol. The number of benzene rings is 1. The molecule has 7 heteroatoms. The van der Waals surface area contributed by atoms with Gasteiger partial charge in [0.2, 0.25) is 5.91 Å². The maximum absolute atomic E-state index is 12.5. The first-order valence-corrected chi connectivity index (χ1v) is 8.71. The molecule has 0 fully saturated rings. The Labute approximate surface area is 154 Å². The van der Waals surface area contributed by atoms with Crippen molar-refractivity contribution in [2.24, 2.45) is 0 Å². The lowest BCUT2D eigenvalue weighted by molar-refractivity contribution is -0.144. The summed E-state index contributed by atoms with van der Waals surface area (Å²) in [5.74, 6) is -0.124. The number of ether oxygens (including phenoxy) is 2. The fourth-order valence-electron chi connectivity index (χ4n) is 2.28. The van der Waals surface area contributed by atoms with E-state index in [2.05, 4.69) is 5.32 Å². The number of hydrogen-bond acceptors (Lipinski definition) is 5. The fourth-order valence-corrected chi connectivity index (χ4v) is 2.28. The van der Waals surface area contributed by atoms with E-state index in [9.17, 15) is 14.4 Å². The van der Waals surface area contributed by atoms with Crippen molar-refractivity contribution in [3.8, 4) is 5.75 Å². The Balaban J connectivity index is 2.64. The fraction of sp³-hybridized carbons (Fsp3) is 0.526. The third kappa shape index (κ3) is 8.00. The standard InChI is InChI=1S/C19H28N2O5/c1-5-25-19(24)8-10-21(11-9-20-16(4)22)18(23)13-26-17-12-14(2)6-7-15(17)3/h6-7,12H,5,8-11,13H2,1-4H3,(H,20,22). The first-order chi connectivity index (χ1) is 12.3. The smallest absolute Gasteiger partial charge is 0.307 e. The molecule has 1 rings (SSSR count). The van der Waals surface area contributed by atoms with E-state index in [-0.39, 0.29) is 37.4 Å². The van der Waals surface area contributed by atoms with E-state index in [1.165, 1.54) is 11.8 Å². The van der Waals surface area contributed by atoms with Gasteiger partial charge in [-0.2, -0.15) is 0 Å². The Morgan fingerprint density at radius 3 is 2.54 bits per heavy atom. The monoisotopic (exact) mass is 364 g/mol. The Hall–Kier alpha value is -2.57. The Morgan fingerprint density at radius 1 is 1.15 bits per heavy atom. The number of carbonyl (C=O) groups excluding carboxylic acids is 3. The molecule has 1 aromatic carbocycles. The third-order valence-corrected chi connectivity index (χ3v) is 3.69. The maximum Gasteiger partial charge on any atom is 0.307 e. The zero-order valence-electron chi connectivity index (χ0n) is 16.0. The summed E-state index contributed by atoms with van der Waals surface area (Å²) in [6.45, 7) is 8.00. The van der Waals surface area contributed by atoms with Crippen molar-refractivity contribution < 1.29 is 23.9 Å². The quantitative estimate of drug-likeness (QED) is 0.638. The molecule has 0 saturated carbocycles. The van der Waals surface area contributed by atoms with Crippen LogP contribution in [0.15, 0.2) is 18.2 Å². The molecule has 0 aliphatic carbocycles. The van der Waals surface area contributed by atoms with Crippen LogP contribution < -0.4 is 10.1 Å². The summed E-state index contributed by atoms with van der Waals surface area (Å²) in [5, 5.41) is 2.64. The van der Waals surface area contributed by atoms with Crippen LogP contribution in [0, 0.1) is 13.8 Å². The van der Waals surface area contributed by atoms with E-state index in [1.807, 2.05) is 32.0 Å². The molecule has 144 valence electrons. The molecule has 0 atom stereocenters. The highest BCUT2D eigenvalue weighted by atomic mass is 16.5. The molecule has 0 aromatic heterocycles. The number of rotatable bonds is 10. The van der Waals surface area contributed by atoms with Crippen LogP contribution in [0.3, 0.4) is 0 Å². The van der Waals surface area contributed by atoms with Crippen molar-refractivity contribution >= 4 is 17.8 Å². The molecular formula is C19H28N2O5. The van der Waals surface area contributed by atoms with Gasteiger partial charge >= 0.3 is 5.97 Å². The van der Waals surface area contributed by atoms with Crippen molar-refractivity contribution in [3.63, 3.8) is 0 Å². The number of hydrogen-bond donors (Lipinski definition) is 1. The SMILES string of the molecule is CCOC(=O)CCN(CCNC(C)=O)C(=O)COc1cc(C)ccc1C. The van der Waals surface area contributed by atoms with Gasteiger partial charge in [-0.3, -0.25) is 14.4 Å². The topological polar surface area (TPSA) is 84.9 Å². The lowest BCUT2D eigenvalue weighted by atomic mass is 10.1. The molecule has 0 radical (unpaired) electrons. The molecule has 1 N–H and O–H groups in total. The summed E-state index contributed by atoms with van der Waals surface area (Å²) >= 11 is 0. The number of esters is 1. The van der Waals surface area contributed by atoms with Gasteiger partial charge in [0, 0.05) is 26.6 Å². The molecule has 0 spiro atoms. The van der Waals surface area contributed by atoms with Crippen molar-refractivity contribution in [2.45, 2.75) is 34.1 Å². The van der Waals surface area contributed by atoms with Crippen molar-refractivity contribution in [1.29, 1.82) is 0 Å². The second-order valence-electron chi connectivity index (χ2n) is 5.98. The largest absolute Gasteiger partial charge is 0.483 e. The zero-order valence-corrected chi connectivity index (χ0v) is 16.0. The van der Waals surface area contributed by atoms with Crippen LogP contribution in [0.1, 0.15) is 31.4 Å². The van der Waals surface area contributed by atoms with Gasteiger partial charge in [-0.1, -0.05) is 12.1 Å². The lowest BCUT2D eigenvalue weighted by Crippen LogP contribution is -2.41. The van der Waals surface area contributed by atoms with Gasteiger partial charge in [0.25, 0.3) is 5.91 Å². The van der Waals surface area contributed by atoms with Crippen molar-refractivity contribution in [3.05, 3.63) is 29.3 Å². The number of nitrogens with zero attached hydrogens (tertiary/aromatic N) is 1. The average molecular weight is 364 g/mol. The van der Waals surface area contributed by atoms with Crippen LogP contribution in [0.25, 0.3) is 0 Å². The highest BCUT2D eigenvalue weighted by molar-refractivity contribution is 5.79. The van der Waals surface area contributed by atoms with Crippen LogP contribution in [-0.2, 0) is 19.1 Å². The van der Waals surface area contributed by atoms with E-state index in [0.717, 1.165) is 11.1 Å². The summed E-state index contributed by atoms with van der Waals surface area (Å²) < 4.78 is 10.5. The van der Waals surface area contributed by atoms with E-state index in [1.54, 1.807) is 6.92 Å².